The highest BCUT2D eigenvalue weighted by molar-refractivity contribution is 6.04. The summed E-state index contributed by atoms with van der Waals surface area (Å²) in [6, 6.07) is 16.3. The van der Waals surface area contributed by atoms with Gasteiger partial charge in [-0.15, -0.1) is 0 Å². The molecule has 1 aliphatic rings. The Morgan fingerprint density at radius 2 is 1.82 bits per heavy atom. The second kappa shape index (κ2) is 7.87. The second-order valence-corrected chi connectivity index (χ2v) is 6.04. The standard InChI is InChI=1S/C21H19N3O4/c1-2-26-17-7-4-15(5-8-17)23-20-10-3-14(12-22-20)21(25)24-16-6-9-18-19(11-16)28-13-27-18/h3-12H,2,13H2,1H3,(H,22,23)(H,24,25). The van der Waals surface area contributed by atoms with Crippen molar-refractivity contribution in [1.82, 2.24) is 4.98 Å². The lowest BCUT2D eigenvalue weighted by Crippen LogP contribution is -2.12. The molecule has 0 radical (unpaired) electrons. The number of fused-ring (bicyclic) bond motifs is 1. The predicted octanol–water partition coefficient (Wildman–Crippen LogP) is 4.20. The van der Waals surface area contributed by atoms with Gasteiger partial charge in [-0.25, -0.2) is 4.98 Å². The molecule has 1 aliphatic heterocycles. The summed E-state index contributed by atoms with van der Waals surface area (Å²) in [7, 11) is 0. The number of nitrogens with one attached hydrogen (secondary N) is 2. The van der Waals surface area contributed by atoms with Gasteiger partial charge in [0.15, 0.2) is 11.5 Å². The molecule has 28 heavy (non-hydrogen) atoms. The third kappa shape index (κ3) is 3.98. The highest BCUT2D eigenvalue weighted by atomic mass is 16.7. The fraction of sp³-hybridized carbons (Fsp3) is 0.143. The summed E-state index contributed by atoms with van der Waals surface area (Å²) in [6.45, 7) is 2.77. The van der Waals surface area contributed by atoms with Crippen molar-refractivity contribution in [2.75, 3.05) is 24.0 Å². The van der Waals surface area contributed by atoms with Crippen LogP contribution in [0.4, 0.5) is 17.2 Å². The molecule has 2 heterocycles. The van der Waals surface area contributed by atoms with Crippen LogP contribution in [0.1, 0.15) is 17.3 Å². The number of aromatic nitrogens is 1. The van der Waals surface area contributed by atoms with E-state index in [4.69, 9.17) is 14.2 Å². The minimum absolute atomic E-state index is 0.194. The van der Waals surface area contributed by atoms with Gasteiger partial charge in [0, 0.05) is 23.6 Å². The van der Waals surface area contributed by atoms with Crippen molar-refractivity contribution in [1.29, 1.82) is 0 Å². The molecule has 0 saturated heterocycles. The smallest absolute Gasteiger partial charge is 0.257 e. The van der Waals surface area contributed by atoms with Crippen molar-refractivity contribution in [2.45, 2.75) is 6.92 Å². The van der Waals surface area contributed by atoms with E-state index < -0.39 is 0 Å². The Kier molecular flexibility index (Phi) is 4.97. The Balaban J connectivity index is 1.39. The van der Waals surface area contributed by atoms with Crippen LogP contribution in [-0.2, 0) is 0 Å². The molecule has 0 atom stereocenters. The van der Waals surface area contributed by atoms with Crippen molar-refractivity contribution in [3.8, 4) is 17.2 Å². The van der Waals surface area contributed by atoms with E-state index >= 15 is 0 Å². The molecule has 7 nitrogen and oxygen atoms in total. The quantitative estimate of drug-likeness (QED) is 0.670. The van der Waals surface area contributed by atoms with Crippen molar-refractivity contribution in [2.24, 2.45) is 0 Å². The summed E-state index contributed by atoms with van der Waals surface area (Å²) in [5, 5.41) is 6.01. The average molecular weight is 377 g/mol. The van der Waals surface area contributed by atoms with Gasteiger partial charge in [-0.3, -0.25) is 4.79 Å². The molecular weight excluding hydrogens is 358 g/mol. The van der Waals surface area contributed by atoms with Gasteiger partial charge < -0.3 is 24.8 Å². The summed E-state index contributed by atoms with van der Waals surface area (Å²) in [5.41, 5.74) is 1.97. The molecule has 0 aliphatic carbocycles. The molecule has 0 bridgehead atoms. The Morgan fingerprint density at radius 1 is 1.04 bits per heavy atom. The van der Waals surface area contributed by atoms with E-state index in [1.54, 1.807) is 30.3 Å². The minimum Gasteiger partial charge on any atom is -0.494 e. The zero-order valence-corrected chi connectivity index (χ0v) is 15.3. The highest BCUT2D eigenvalue weighted by Gasteiger charge is 2.14. The van der Waals surface area contributed by atoms with Gasteiger partial charge in [-0.1, -0.05) is 0 Å². The summed E-state index contributed by atoms with van der Waals surface area (Å²) < 4.78 is 16.0. The van der Waals surface area contributed by atoms with Crippen LogP contribution in [0, 0.1) is 0 Å². The fourth-order valence-corrected chi connectivity index (χ4v) is 2.73. The molecule has 3 aromatic rings. The first kappa shape index (κ1) is 17.7. The van der Waals surface area contributed by atoms with Gasteiger partial charge in [0.05, 0.1) is 12.2 Å². The molecule has 0 unspecified atom stereocenters. The fourth-order valence-electron chi connectivity index (χ4n) is 2.73. The molecule has 0 fully saturated rings. The van der Waals surface area contributed by atoms with Crippen LogP contribution in [0.3, 0.4) is 0 Å². The molecule has 1 aromatic heterocycles. The number of carbonyl (C=O) groups excluding carboxylic acids is 1. The van der Waals surface area contributed by atoms with E-state index in [0.717, 1.165) is 11.4 Å². The molecule has 0 saturated carbocycles. The van der Waals surface area contributed by atoms with Crippen molar-refractivity contribution in [3.63, 3.8) is 0 Å². The lowest BCUT2D eigenvalue weighted by atomic mass is 10.2. The number of amides is 1. The summed E-state index contributed by atoms with van der Waals surface area (Å²) in [4.78, 5) is 16.7. The Morgan fingerprint density at radius 3 is 2.57 bits per heavy atom. The average Bonchev–Trinajstić information content (AvgIpc) is 3.18. The SMILES string of the molecule is CCOc1ccc(Nc2ccc(C(=O)Nc3ccc4c(c3)OCO4)cn2)cc1. The number of pyridine rings is 1. The normalized spacial score (nSPS) is 11.8. The maximum atomic E-state index is 12.4. The number of hydrogen-bond donors (Lipinski definition) is 2. The van der Waals surface area contributed by atoms with E-state index in [9.17, 15) is 4.79 Å². The van der Waals surface area contributed by atoms with Gasteiger partial charge in [-0.2, -0.15) is 0 Å². The van der Waals surface area contributed by atoms with Crippen molar-refractivity contribution < 1.29 is 19.0 Å². The summed E-state index contributed by atoms with van der Waals surface area (Å²) in [6.07, 6.45) is 1.53. The zero-order chi connectivity index (χ0) is 19.3. The van der Waals surface area contributed by atoms with Gasteiger partial charge in [0.1, 0.15) is 11.6 Å². The molecule has 2 N–H and O–H groups in total. The number of benzene rings is 2. The van der Waals surface area contributed by atoms with Crippen molar-refractivity contribution in [3.05, 3.63) is 66.4 Å². The van der Waals surface area contributed by atoms with Crippen LogP contribution in [0.15, 0.2) is 60.8 Å². The zero-order valence-electron chi connectivity index (χ0n) is 15.3. The number of anilines is 3. The van der Waals surface area contributed by atoms with E-state index in [1.165, 1.54) is 6.20 Å². The van der Waals surface area contributed by atoms with Crippen LogP contribution in [0.5, 0.6) is 17.2 Å². The largest absolute Gasteiger partial charge is 0.494 e. The van der Waals surface area contributed by atoms with E-state index in [-0.39, 0.29) is 12.7 Å². The van der Waals surface area contributed by atoms with Crippen LogP contribution in [0.25, 0.3) is 0 Å². The molecule has 0 spiro atoms. The number of rotatable bonds is 6. The van der Waals surface area contributed by atoms with Gasteiger partial charge >= 0.3 is 0 Å². The Hall–Kier alpha value is -3.74. The highest BCUT2D eigenvalue weighted by Crippen LogP contribution is 2.34. The molecule has 2 aromatic carbocycles. The van der Waals surface area contributed by atoms with Crippen LogP contribution in [-0.4, -0.2) is 24.3 Å². The first-order chi connectivity index (χ1) is 13.7. The number of hydrogen-bond acceptors (Lipinski definition) is 6. The maximum Gasteiger partial charge on any atom is 0.257 e. The summed E-state index contributed by atoms with van der Waals surface area (Å²) in [5.74, 6) is 2.49. The van der Waals surface area contributed by atoms with E-state index in [2.05, 4.69) is 15.6 Å². The third-order valence-electron chi connectivity index (χ3n) is 4.09. The first-order valence-corrected chi connectivity index (χ1v) is 8.88. The maximum absolute atomic E-state index is 12.4. The lowest BCUT2D eigenvalue weighted by Gasteiger charge is -2.09. The van der Waals surface area contributed by atoms with E-state index in [0.29, 0.717) is 35.2 Å². The van der Waals surface area contributed by atoms with E-state index in [1.807, 2.05) is 31.2 Å². The van der Waals surface area contributed by atoms with Crippen LogP contribution >= 0.6 is 0 Å². The Labute approximate surface area is 162 Å². The molecule has 4 rings (SSSR count). The van der Waals surface area contributed by atoms with Gasteiger partial charge in [0.25, 0.3) is 5.91 Å². The second-order valence-electron chi connectivity index (χ2n) is 6.04. The van der Waals surface area contributed by atoms with Gasteiger partial charge in [-0.05, 0) is 55.5 Å². The van der Waals surface area contributed by atoms with Crippen LogP contribution in [0.2, 0.25) is 0 Å². The van der Waals surface area contributed by atoms with Gasteiger partial charge in [0.2, 0.25) is 6.79 Å². The van der Waals surface area contributed by atoms with Crippen LogP contribution < -0.4 is 24.8 Å². The molecule has 7 heteroatoms. The number of nitrogens with zero attached hydrogens (tertiary/aromatic N) is 1. The number of ether oxygens (including phenoxy) is 3. The van der Waals surface area contributed by atoms with Crippen molar-refractivity contribution >= 4 is 23.1 Å². The minimum atomic E-state index is -0.251. The third-order valence-corrected chi connectivity index (χ3v) is 4.09. The topological polar surface area (TPSA) is 81.7 Å². The molecule has 142 valence electrons. The first-order valence-electron chi connectivity index (χ1n) is 8.88. The summed E-state index contributed by atoms with van der Waals surface area (Å²) >= 11 is 0. The molecular formula is C21H19N3O4. The Bertz CT molecular complexity index is 972. The predicted molar refractivity (Wildman–Crippen MR) is 106 cm³/mol. The number of carbonyl (C=O) groups is 1. The molecule has 1 amide bonds. The monoisotopic (exact) mass is 377 g/mol. The lowest BCUT2D eigenvalue weighted by molar-refractivity contribution is 0.102.